The van der Waals surface area contributed by atoms with E-state index in [1.54, 1.807) is 0 Å². The van der Waals surface area contributed by atoms with Crippen LogP contribution in [0.2, 0.25) is 0 Å². The van der Waals surface area contributed by atoms with Crippen LogP contribution in [0.1, 0.15) is 37.2 Å². The summed E-state index contributed by atoms with van der Waals surface area (Å²) >= 11 is 0. The van der Waals surface area contributed by atoms with E-state index in [9.17, 15) is 4.79 Å². The molecule has 0 saturated carbocycles. The monoisotopic (exact) mass is 236 g/mol. The Morgan fingerprint density at radius 2 is 2.41 bits per heavy atom. The molecule has 2 rings (SSSR count). The van der Waals surface area contributed by atoms with Gasteiger partial charge in [0.05, 0.1) is 0 Å². The van der Waals surface area contributed by atoms with Crippen LogP contribution in [0.5, 0.6) is 0 Å². The van der Waals surface area contributed by atoms with Crippen molar-refractivity contribution in [2.75, 3.05) is 25.0 Å². The maximum atomic E-state index is 12.2. The van der Waals surface area contributed by atoms with Crippen molar-refractivity contribution < 1.29 is 4.79 Å². The van der Waals surface area contributed by atoms with E-state index < -0.39 is 0 Å². The summed E-state index contributed by atoms with van der Waals surface area (Å²) in [6.45, 7) is 7.50. The van der Waals surface area contributed by atoms with Gasteiger partial charge in [0.1, 0.15) is 5.69 Å². The maximum absolute atomic E-state index is 12.2. The summed E-state index contributed by atoms with van der Waals surface area (Å²) in [7, 11) is 0. The molecule has 0 unspecified atom stereocenters. The second-order valence-electron chi connectivity index (χ2n) is 4.31. The summed E-state index contributed by atoms with van der Waals surface area (Å²) < 4.78 is 2.02. The van der Waals surface area contributed by atoms with Crippen molar-refractivity contribution in [3.05, 3.63) is 11.9 Å². The first-order chi connectivity index (χ1) is 8.26. The number of rotatable bonds is 4. The zero-order valence-electron chi connectivity index (χ0n) is 10.6. The average Bonchev–Trinajstić information content (AvgIpc) is 2.78. The van der Waals surface area contributed by atoms with Crippen LogP contribution < -0.4 is 5.32 Å². The molecule has 2 heterocycles. The van der Waals surface area contributed by atoms with Gasteiger partial charge in [-0.3, -0.25) is 4.79 Å². The van der Waals surface area contributed by atoms with Gasteiger partial charge in [-0.05, 0) is 19.8 Å². The Labute approximate surface area is 102 Å². The molecule has 0 aliphatic carbocycles. The number of amides is 1. The predicted molar refractivity (Wildman–Crippen MR) is 67.2 cm³/mol. The second-order valence-corrected chi connectivity index (χ2v) is 4.31. The van der Waals surface area contributed by atoms with Gasteiger partial charge in [-0.1, -0.05) is 6.92 Å². The summed E-state index contributed by atoms with van der Waals surface area (Å²) in [6, 6.07) is 0. The molecular weight excluding hydrogens is 216 g/mol. The summed E-state index contributed by atoms with van der Waals surface area (Å²) in [4.78, 5) is 18.4. The molecule has 0 atom stereocenters. The van der Waals surface area contributed by atoms with E-state index >= 15 is 0 Å². The molecule has 1 N–H and O–H groups in total. The van der Waals surface area contributed by atoms with E-state index in [0.29, 0.717) is 5.69 Å². The van der Waals surface area contributed by atoms with Gasteiger partial charge >= 0.3 is 0 Å². The fourth-order valence-electron chi connectivity index (χ4n) is 2.12. The number of aryl methyl sites for hydroxylation is 1. The molecule has 5 heteroatoms. The highest BCUT2D eigenvalue weighted by Gasteiger charge is 2.19. The van der Waals surface area contributed by atoms with Crippen LogP contribution in [0.15, 0.2) is 6.20 Å². The number of anilines is 1. The molecule has 17 heavy (non-hydrogen) atoms. The standard InChI is InChI=1S/C12H20N4O/c1-3-7-15(4-2)11(17)10-9-16-8-5-6-13-12(16)14-10/h9H,3-8H2,1-2H3,(H,13,14). The van der Waals surface area contributed by atoms with Crippen molar-refractivity contribution in [1.82, 2.24) is 14.5 Å². The van der Waals surface area contributed by atoms with Crippen molar-refractivity contribution in [3.63, 3.8) is 0 Å². The summed E-state index contributed by atoms with van der Waals surface area (Å²) in [5, 5.41) is 3.21. The van der Waals surface area contributed by atoms with Crippen molar-refractivity contribution in [2.24, 2.45) is 0 Å². The lowest BCUT2D eigenvalue weighted by Crippen LogP contribution is -2.31. The lowest BCUT2D eigenvalue weighted by molar-refractivity contribution is 0.0759. The van der Waals surface area contributed by atoms with Gasteiger partial charge in [-0.2, -0.15) is 0 Å². The lowest BCUT2D eigenvalue weighted by atomic mass is 10.3. The molecule has 1 aromatic heterocycles. The SMILES string of the molecule is CCCN(CC)C(=O)c1cn2c(n1)NCCC2. The third-order valence-electron chi connectivity index (χ3n) is 3.02. The topological polar surface area (TPSA) is 50.2 Å². The highest BCUT2D eigenvalue weighted by atomic mass is 16.2. The highest BCUT2D eigenvalue weighted by Crippen LogP contribution is 2.15. The van der Waals surface area contributed by atoms with Gasteiger partial charge in [-0.25, -0.2) is 4.98 Å². The fraction of sp³-hybridized carbons (Fsp3) is 0.667. The summed E-state index contributed by atoms with van der Waals surface area (Å²) in [6.07, 6.45) is 3.93. The molecule has 0 saturated heterocycles. The lowest BCUT2D eigenvalue weighted by Gasteiger charge is -2.18. The molecule has 1 amide bonds. The van der Waals surface area contributed by atoms with E-state index in [2.05, 4.69) is 17.2 Å². The van der Waals surface area contributed by atoms with Crippen LogP contribution >= 0.6 is 0 Å². The van der Waals surface area contributed by atoms with Crippen LogP contribution in [-0.2, 0) is 6.54 Å². The quantitative estimate of drug-likeness (QED) is 0.863. The van der Waals surface area contributed by atoms with Gasteiger partial charge in [0.25, 0.3) is 5.91 Å². The number of hydrogen-bond donors (Lipinski definition) is 1. The molecular formula is C12H20N4O. The minimum atomic E-state index is 0.0399. The van der Waals surface area contributed by atoms with E-state index in [-0.39, 0.29) is 5.91 Å². The van der Waals surface area contributed by atoms with Gasteiger partial charge in [0.2, 0.25) is 5.95 Å². The van der Waals surface area contributed by atoms with Gasteiger partial charge < -0.3 is 14.8 Å². The fourth-order valence-corrected chi connectivity index (χ4v) is 2.12. The normalized spacial score (nSPS) is 14.0. The number of nitrogens with zero attached hydrogens (tertiary/aromatic N) is 3. The largest absolute Gasteiger partial charge is 0.356 e. The molecule has 0 spiro atoms. The second kappa shape index (κ2) is 5.21. The van der Waals surface area contributed by atoms with Gasteiger partial charge in [-0.15, -0.1) is 0 Å². The molecule has 0 aromatic carbocycles. The number of hydrogen-bond acceptors (Lipinski definition) is 3. The number of carbonyl (C=O) groups excluding carboxylic acids is 1. The zero-order chi connectivity index (χ0) is 12.3. The Morgan fingerprint density at radius 1 is 1.59 bits per heavy atom. The third-order valence-corrected chi connectivity index (χ3v) is 3.02. The van der Waals surface area contributed by atoms with Crippen molar-refractivity contribution in [1.29, 1.82) is 0 Å². The highest BCUT2D eigenvalue weighted by molar-refractivity contribution is 5.92. The number of fused-ring (bicyclic) bond motifs is 1. The minimum absolute atomic E-state index is 0.0399. The van der Waals surface area contributed by atoms with E-state index in [1.807, 2.05) is 22.6 Å². The molecule has 1 aliphatic heterocycles. The van der Waals surface area contributed by atoms with E-state index in [0.717, 1.165) is 45.0 Å². The van der Waals surface area contributed by atoms with Crippen molar-refractivity contribution in [2.45, 2.75) is 33.2 Å². The smallest absolute Gasteiger partial charge is 0.274 e. The summed E-state index contributed by atoms with van der Waals surface area (Å²) in [5.41, 5.74) is 0.560. The summed E-state index contributed by atoms with van der Waals surface area (Å²) in [5.74, 6) is 0.866. The Morgan fingerprint density at radius 3 is 3.06 bits per heavy atom. The molecule has 1 aliphatic rings. The van der Waals surface area contributed by atoms with Crippen molar-refractivity contribution in [3.8, 4) is 0 Å². The first-order valence-corrected chi connectivity index (χ1v) is 6.36. The Kier molecular flexibility index (Phi) is 3.66. The van der Waals surface area contributed by atoms with Crippen LogP contribution in [0, 0.1) is 0 Å². The van der Waals surface area contributed by atoms with E-state index in [4.69, 9.17) is 0 Å². The van der Waals surface area contributed by atoms with Crippen molar-refractivity contribution >= 4 is 11.9 Å². The molecule has 5 nitrogen and oxygen atoms in total. The zero-order valence-corrected chi connectivity index (χ0v) is 10.6. The van der Waals surface area contributed by atoms with E-state index in [1.165, 1.54) is 0 Å². The third kappa shape index (κ3) is 2.43. The van der Waals surface area contributed by atoms with Crippen LogP contribution in [0.4, 0.5) is 5.95 Å². The molecule has 0 radical (unpaired) electrons. The molecule has 1 aromatic rings. The number of aromatic nitrogens is 2. The molecule has 94 valence electrons. The van der Waals surface area contributed by atoms with Crippen LogP contribution in [0.25, 0.3) is 0 Å². The maximum Gasteiger partial charge on any atom is 0.274 e. The number of nitrogens with one attached hydrogen (secondary N) is 1. The Bertz CT molecular complexity index is 376. The first-order valence-electron chi connectivity index (χ1n) is 6.36. The number of imidazole rings is 1. The number of carbonyl (C=O) groups is 1. The predicted octanol–water partition coefficient (Wildman–Crippen LogP) is 1.57. The Balaban J connectivity index is 2.15. The molecule has 0 bridgehead atoms. The Hall–Kier alpha value is -1.52. The minimum Gasteiger partial charge on any atom is -0.356 e. The van der Waals surface area contributed by atoms with Gasteiger partial charge in [0, 0.05) is 32.4 Å². The average molecular weight is 236 g/mol. The van der Waals surface area contributed by atoms with Crippen LogP contribution in [-0.4, -0.2) is 40.0 Å². The first kappa shape index (κ1) is 12.0. The van der Waals surface area contributed by atoms with Crippen LogP contribution in [0.3, 0.4) is 0 Å². The van der Waals surface area contributed by atoms with Gasteiger partial charge in [0.15, 0.2) is 0 Å². The molecule has 0 fully saturated rings.